The van der Waals surface area contributed by atoms with Crippen molar-refractivity contribution in [2.75, 3.05) is 46.8 Å². The zero-order valence-corrected chi connectivity index (χ0v) is 27.4. The number of benzene rings is 1. The molecule has 2 fully saturated rings. The summed E-state index contributed by atoms with van der Waals surface area (Å²) >= 11 is 13.9. The van der Waals surface area contributed by atoms with Crippen LogP contribution in [0.1, 0.15) is 66.8 Å². The summed E-state index contributed by atoms with van der Waals surface area (Å²) < 4.78 is 2.07. The zero-order chi connectivity index (χ0) is 28.4. The monoisotopic (exact) mass is 692 g/mol. The van der Waals surface area contributed by atoms with Gasteiger partial charge in [0.25, 0.3) is 0 Å². The molecule has 3 aliphatic rings. The Kier molecular flexibility index (Phi) is 9.91. The lowest BCUT2D eigenvalue weighted by atomic mass is 9.76. The van der Waals surface area contributed by atoms with Crippen LogP contribution in [0.2, 0.25) is 5.02 Å². The number of rotatable bonds is 6. The van der Waals surface area contributed by atoms with E-state index in [1.807, 2.05) is 36.2 Å². The van der Waals surface area contributed by atoms with Crippen LogP contribution in [0.15, 0.2) is 33.3 Å². The average molecular weight is 695 g/mol. The van der Waals surface area contributed by atoms with E-state index < -0.39 is 0 Å². The van der Waals surface area contributed by atoms with Gasteiger partial charge in [-0.2, -0.15) is 0 Å². The largest absolute Gasteiger partial charge is 0.343 e. The minimum atomic E-state index is 0.179. The number of amides is 2. The van der Waals surface area contributed by atoms with E-state index in [2.05, 4.69) is 48.9 Å². The van der Waals surface area contributed by atoms with E-state index in [9.17, 15) is 9.59 Å². The summed E-state index contributed by atoms with van der Waals surface area (Å²) in [6.07, 6.45) is 8.72. The molecule has 2 aromatic rings. The van der Waals surface area contributed by atoms with Crippen molar-refractivity contribution >= 4 is 55.3 Å². The number of pyridine rings is 1. The van der Waals surface area contributed by atoms with Crippen molar-refractivity contribution in [2.24, 2.45) is 11.8 Å². The van der Waals surface area contributed by atoms with Gasteiger partial charge in [-0.1, -0.05) is 27.5 Å². The van der Waals surface area contributed by atoms with E-state index in [0.717, 1.165) is 85.2 Å². The highest BCUT2D eigenvalue weighted by Gasteiger charge is 2.36. The number of likely N-dealkylation sites (tertiary alicyclic amines) is 2. The Hall–Kier alpha value is -1.48. The van der Waals surface area contributed by atoms with Gasteiger partial charge in [0.1, 0.15) is 0 Å². The van der Waals surface area contributed by atoms with E-state index >= 15 is 0 Å². The smallest absolute Gasteiger partial charge is 0.223 e. The molecule has 1 aromatic carbocycles. The second kappa shape index (κ2) is 13.2. The lowest BCUT2D eigenvalue weighted by Crippen LogP contribution is -2.43. The molecule has 0 bridgehead atoms. The molecule has 2 aliphatic heterocycles. The van der Waals surface area contributed by atoms with Crippen LogP contribution in [-0.2, 0) is 22.4 Å². The molecule has 1 unspecified atom stereocenters. The first-order chi connectivity index (χ1) is 19.2. The number of fused-ring (bicyclic) bond motifs is 2. The van der Waals surface area contributed by atoms with Crippen LogP contribution in [0.25, 0.3) is 0 Å². The Morgan fingerprint density at radius 3 is 2.30 bits per heavy atom. The molecule has 2 amide bonds. The summed E-state index contributed by atoms with van der Waals surface area (Å²) in [5.41, 5.74) is 5.07. The van der Waals surface area contributed by atoms with Gasteiger partial charge < -0.3 is 14.7 Å². The van der Waals surface area contributed by atoms with Gasteiger partial charge in [-0.05, 0) is 115 Å². The van der Waals surface area contributed by atoms with Crippen molar-refractivity contribution in [3.63, 3.8) is 0 Å². The molecule has 1 atom stereocenters. The Bertz CT molecular complexity index is 1240. The Morgan fingerprint density at radius 1 is 0.950 bits per heavy atom. The minimum absolute atomic E-state index is 0.179. The van der Waals surface area contributed by atoms with Gasteiger partial charge in [-0.15, -0.1) is 0 Å². The lowest BCUT2D eigenvalue weighted by molar-refractivity contribution is -0.135. The van der Waals surface area contributed by atoms with Gasteiger partial charge in [-0.3, -0.25) is 14.6 Å². The number of halogens is 3. The maximum Gasteiger partial charge on any atom is 0.223 e. The molecule has 216 valence electrons. The molecule has 1 aromatic heterocycles. The highest BCUT2D eigenvalue weighted by molar-refractivity contribution is 9.10. The van der Waals surface area contributed by atoms with Crippen LogP contribution in [0.4, 0.5) is 0 Å². The molecule has 40 heavy (non-hydrogen) atoms. The quantitative estimate of drug-likeness (QED) is 0.356. The SMILES string of the molecule is CN(C)CCC(=O)N1CCC(CC(=O)N2CCC(C3c4ncc(Br)cc4CCc4cc(Cl)cc(Br)c43)CC2)CC1. The van der Waals surface area contributed by atoms with Crippen molar-refractivity contribution in [2.45, 2.75) is 57.3 Å². The molecule has 3 heterocycles. The van der Waals surface area contributed by atoms with Crippen molar-refractivity contribution in [3.05, 3.63) is 60.7 Å². The predicted molar refractivity (Wildman–Crippen MR) is 167 cm³/mol. The van der Waals surface area contributed by atoms with Crippen LogP contribution in [-0.4, -0.2) is 78.3 Å². The van der Waals surface area contributed by atoms with Gasteiger partial charge in [0.2, 0.25) is 11.8 Å². The van der Waals surface area contributed by atoms with Crippen LogP contribution in [0.5, 0.6) is 0 Å². The lowest BCUT2D eigenvalue weighted by Gasteiger charge is -2.38. The summed E-state index contributed by atoms with van der Waals surface area (Å²) in [5.74, 6) is 1.46. The summed E-state index contributed by atoms with van der Waals surface area (Å²) in [6, 6.07) is 6.35. The third-order valence-electron chi connectivity index (χ3n) is 8.98. The maximum atomic E-state index is 13.3. The summed E-state index contributed by atoms with van der Waals surface area (Å²) in [5, 5.41) is 0.758. The highest BCUT2D eigenvalue weighted by Crippen LogP contribution is 2.46. The molecular weight excluding hydrogens is 656 g/mol. The number of aryl methyl sites for hydroxylation is 2. The fourth-order valence-electron chi connectivity index (χ4n) is 6.75. The molecular formula is C31H39Br2ClN4O2. The van der Waals surface area contributed by atoms with E-state index in [1.165, 1.54) is 22.4 Å². The number of aromatic nitrogens is 1. The number of piperidine rings is 2. The first-order valence-corrected chi connectivity index (χ1v) is 16.5. The van der Waals surface area contributed by atoms with Crippen LogP contribution in [0, 0.1) is 11.8 Å². The van der Waals surface area contributed by atoms with E-state index in [1.54, 1.807) is 0 Å². The van der Waals surface area contributed by atoms with Crippen molar-refractivity contribution in [1.29, 1.82) is 0 Å². The molecule has 0 saturated carbocycles. The highest BCUT2D eigenvalue weighted by atomic mass is 79.9. The van der Waals surface area contributed by atoms with Gasteiger partial charge in [0, 0.05) is 71.6 Å². The van der Waals surface area contributed by atoms with Crippen molar-refractivity contribution in [1.82, 2.24) is 19.7 Å². The van der Waals surface area contributed by atoms with Gasteiger partial charge >= 0.3 is 0 Å². The predicted octanol–water partition coefficient (Wildman–Crippen LogP) is 6.31. The Labute approximate surface area is 260 Å². The van der Waals surface area contributed by atoms with E-state index in [-0.39, 0.29) is 17.7 Å². The zero-order valence-electron chi connectivity index (χ0n) is 23.5. The molecule has 0 N–H and O–H groups in total. The summed E-state index contributed by atoms with van der Waals surface area (Å²) in [6.45, 7) is 3.90. The molecule has 0 radical (unpaired) electrons. The molecule has 1 aliphatic carbocycles. The fourth-order valence-corrected chi connectivity index (χ4v) is 8.25. The molecule has 2 saturated heterocycles. The summed E-state index contributed by atoms with van der Waals surface area (Å²) in [7, 11) is 3.99. The second-order valence-corrected chi connectivity index (χ2v) is 14.1. The van der Waals surface area contributed by atoms with Crippen LogP contribution in [0.3, 0.4) is 0 Å². The van der Waals surface area contributed by atoms with E-state index in [0.29, 0.717) is 24.7 Å². The summed E-state index contributed by atoms with van der Waals surface area (Å²) in [4.78, 5) is 36.9. The molecule has 0 spiro atoms. The molecule has 6 nitrogen and oxygen atoms in total. The standard InChI is InChI=1S/C31H39Br2ClN4O2/c1-36(2)10-9-27(39)37-11-5-20(6-12-37)15-28(40)38-13-7-21(8-14-38)30-29-22(17-25(34)18-26(29)33)3-4-23-16-24(32)19-35-31(23)30/h16-21,30H,3-15H2,1-2H3. The maximum absolute atomic E-state index is 13.3. The Morgan fingerprint density at radius 2 is 1.60 bits per heavy atom. The molecule has 5 rings (SSSR count). The first kappa shape index (κ1) is 30.0. The first-order valence-electron chi connectivity index (χ1n) is 14.5. The van der Waals surface area contributed by atoms with Crippen molar-refractivity contribution < 1.29 is 9.59 Å². The minimum Gasteiger partial charge on any atom is -0.343 e. The van der Waals surface area contributed by atoms with Crippen LogP contribution >= 0.6 is 43.5 Å². The number of nitrogens with zero attached hydrogens (tertiary/aromatic N) is 4. The van der Waals surface area contributed by atoms with Gasteiger partial charge in [0.05, 0.1) is 5.69 Å². The average Bonchev–Trinajstić information content (AvgIpc) is 3.09. The topological polar surface area (TPSA) is 56.8 Å². The van der Waals surface area contributed by atoms with Crippen LogP contribution < -0.4 is 0 Å². The number of hydrogen-bond donors (Lipinski definition) is 0. The number of carbonyl (C=O) groups is 2. The van der Waals surface area contributed by atoms with Crippen molar-refractivity contribution in [3.8, 4) is 0 Å². The second-order valence-electron chi connectivity index (χ2n) is 11.9. The Balaban J connectivity index is 1.21. The normalized spacial score (nSPS) is 20.3. The van der Waals surface area contributed by atoms with E-state index in [4.69, 9.17) is 16.6 Å². The molecule has 9 heteroatoms. The van der Waals surface area contributed by atoms with Gasteiger partial charge in [0.15, 0.2) is 0 Å². The number of hydrogen-bond acceptors (Lipinski definition) is 4. The third kappa shape index (κ3) is 6.93. The fraction of sp³-hybridized carbons (Fsp3) is 0.581. The van der Waals surface area contributed by atoms with Gasteiger partial charge in [-0.25, -0.2) is 0 Å². The number of carbonyl (C=O) groups excluding carboxylic acids is 2. The third-order valence-corrected chi connectivity index (χ3v) is 10.3.